The second-order valence-electron chi connectivity index (χ2n) is 5.86. The highest BCUT2D eigenvalue weighted by Crippen LogP contribution is 2.36. The highest BCUT2D eigenvalue weighted by Gasteiger charge is 2.25. The van der Waals surface area contributed by atoms with Crippen molar-refractivity contribution in [3.8, 4) is 17.0 Å². The van der Waals surface area contributed by atoms with E-state index in [1.54, 1.807) is 14.0 Å². The molecule has 6 nitrogen and oxygen atoms in total. The molecule has 27 heavy (non-hydrogen) atoms. The topological polar surface area (TPSA) is 66.8 Å². The van der Waals surface area contributed by atoms with Gasteiger partial charge in [-0.05, 0) is 30.7 Å². The highest BCUT2D eigenvalue weighted by atomic mass is 16.5. The maximum atomic E-state index is 12.6. The van der Waals surface area contributed by atoms with Crippen molar-refractivity contribution in [1.29, 1.82) is 0 Å². The van der Waals surface area contributed by atoms with E-state index in [1.807, 2.05) is 48.5 Å². The molecule has 6 heteroatoms. The predicted molar refractivity (Wildman–Crippen MR) is 102 cm³/mol. The molecule has 0 N–H and O–H groups in total. The van der Waals surface area contributed by atoms with E-state index in [9.17, 15) is 9.59 Å². The van der Waals surface area contributed by atoms with Gasteiger partial charge in [-0.15, -0.1) is 0 Å². The van der Waals surface area contributed by atoms with Crippen LogP contribution in [0.15, 0.2) is 48.5 Å². The van der Waals surface area contributed by atoms with Crippen molar-refractivity contribution in [2.45, 2.75) is 13.3 Å². The quantitative estimate of drug-likeness (QED) is 0.637. The van der Waals surface area contributed by atoms with Crippen LogP contribution in [0.1, 0.15) is 12.5 Å². The Morgan fingerprint density at radius 2 is 1.81 bits per heavy atom. The highest BCUT2D eigenvalue weighted by molar-refractivity contribution is 6.01. The molecule has 140 valence electrons. The van der Waals surface area contributed by atoms with Crippen LogP contribution in [0.5, 0.6) is 5.75 Å². The summed E-state index contributed by atoms with van der Waals surface area (Å²) in [6.45, 7) is 2.06. The Kier molecular flexibility index (Phi) is 5.45. The largest absolute Gasteiger partial charge is 0.497 e. The molecule has 0 radical (unpaired) electrons. The first-order valence-electron chi connectivity index (χ1n) is 8.61. The molecule has 3 rings (SSSR count). The molecular weight excluding hydrogens is 346 g/mol. The Labute approximate surface area is 157 Å². The maximum absolute atomic E-state index is 12.6. The number of hydrogen-bond donors (Lipinski definition) is 0. The molecule has 1 heterocycles. The van der Waals surface area contributed by atoms with E-state index in [0.29, 0.717) is 29.1 Å². The van der Waals surface area contributed by atoms with Crippen molar-refractivity contribution in [2.75, 3.05) is 20.8 Å². The molecule has 2 aromatic carbocycles. The summed E-state index contributed by atoms with van der Waals surface area (Å²) in [5.41, 5.74) is 2.72. The van der Waals surface area contributed by atoms with Crippen LogP contribution in [0, 0.1) is 0 Å². The lowest BCUT2D eigenvalue weighted by molar-refractivity contribution is -0.142. The zero-order valence-corrected chi connectivity index (χ0v) is 15.5. The van der Waals surface area contributed by atoms with Gasteiger partial charge in [-0.2, -0.15) is 0 Å². The van der Waals surface area contributed by atoms with Crippen molar-refractivity contribution >= 4 is 23.0 Å². The summed E-state index contributed by atoms with van der Waals surface area (Å²) < 4.78 is 16.9. The number of benzene rings is 2. The number of methoxy groups -OCH3 is 2. The Morgan fingerprint density at radius 1 is 1.04 bits per heavy atom. The van der Waals surface area contributed by atoms with E-state index in [-0.39, 0.29) is 12.4 Å². The molecule has 0 saturated carbocycles. The first-order chi connectivity index (χ1) is 13.1. The van der Waals surface area contributed by atoms with Gasteiger partial charge in [0, 0.05) is 10.9 Å². The molecule has 3 aromatic rings. The number of carbonyl (C=O) groups excluding carboxylic acids is 2. The number of hydrogen-bond acceptors (Lipinski definition) is 5. The van der Waals surface area contributed by atoms with Gasteiger partial charge in [0.2, 0.25) is 0 Å². The predicted octanol–water partition coefficient (Wildman–Crippen LogP) is 4.04. The molecule has 0 amide bonds. The van der Waals surface area contributed by atoms with Gasteiger partial charge in [0.05, 0.1) is 38.5 Å². The molecule has 0 aliphatic carbocycles. The lowest BCUT2D eigenvalue weighted by atomic mass is 10.0. The van der Waals surface area contributed by atoms with Gasteiger partial charge < -0.3 is 14.2 Å². The van der Waals surface area contributed by atoms with Crippen molar-refractivity contribution in [2.24, 2.45) is 0 Å². The average molecular weight is 367 g/mol. The molecule has 0 aliphatic rings. The number of para-hydroxylation sites is 1. The minimum absolute atomic E-state index is 0.0465. The Balaban J connectivity index is 2.33. The van der Waals surface area contributed by atoms with E-state index < -0.39 is 6.09 Å². The normalized spacial score (nSPS) is 10.6. The zero-order chi connectivity index (χ0) is 19.4. The van der Waals surface area contributed by atoms with Crippen LogP contribution in [-0.2, 0) is 20.7 Å². The number of esters is 1. The molecule has 0 bridgehead atoms. The third-order valence-electron chi connectivity index (χ3n) is 4.31. The molecule has 0 spiro atoms. The number of ether oxygens (including phenoxy) is 3. The molecular formula is C21H21NO5. The number of nitrogens with zero attached hydrogens (tertiary/aromatic N) is 1. The number of fused-ring (bicyclic) bond motifs is 1. The zero-order valence-electron chi connectivity index (χ0n) is 15.5. The van der Waals surface area contributed by atoms with E-state index >= 15 is 0 Å². The monoisotopic (exact) mass is 367 g/mol. The third-order valence-corrected chi connectivity index (χ3v) is 4.31. The van der Waals surface area contributed by atoms with E-state index in [4.69, 9.17) is 14.2 Å². The number of carbonyl (C=O) groups is 2. The lowest BCUT2D eigenvalue weighted by Crippen LogP contribution is -2.14. The number of rotatable bonds is 5. The molecule has 0 aliphatic heterocycles. The minimum atomic E-state index is -0.529. The third kappa shape index (κ3) is 3.51. The summed E-state index contributed by atoms with van der Waals surface area (Å²) in [5, 5.41) is 0.800. The minimum Gasteiger partial charge on any atom is -0.497 e. The van der Waals surface area contributed by atoms with E-state index in [1.165, 1.54) is 11.7 Å². The van der Waals surface area contributed by atoms with Crippen molar-refractivity contribution in [1.82, 2.24) is 4.57 Å². The second kappa shape index (κ2) is 7.95. The molecule has 0 atom stereocenters. The van der Waals surface area contributed by atoms with Crippen LogP contribution in [-0.4, -0.2) is 37.5 Å². The average Bonchev–Trinajstić information content (AvgIpc) is 3.02. The summed E-state index contributed by atoms with van der Waals surface area (Å²) in [4.78, 5) is 24.8. The standard InChI is InChI=1S/C21H21NO5/c1-4-27-19(23)13-17-16-10-5-6-11-18(16)22(21(24)26-3)20(17)14-8-7-9-15(12-14)25-2/h5-12H,4,13H2,1-3H3. The summed E-state index contributed by atoms with van der Waals surface area (Å²) in [7, 11) is 2.91. The summed E-state index contributed by atoms with van der Waals surface area (Å²) in [6.07, 6.45) is -0.482. The number of aromatic nitrogens is 1. The van der Waals surface area contributed by atoms with Crippen LogP contribution in [0.25, 0.3) is 22.2 Å². The van der Waals surface area contributed by atoms with Crippen LogP contribution in [0.2, 0.25) is 0 Å². The fraction of sp³-hybridized carbons (Fsp3) is 0.238. The van der Waals surface area contributed by atoms with Crippen molar-refractivity contribution in [3.05, 3.63) is 54.1 Å². The SMILES string of the molecule is CCOC(=O)Cc1c(-c2cccc(OC)c2)n(C(=O)OC)c2ccccc12. The molecule has 1 aromatic heterocycles. The van der Waals surface area contributed by atoms with Crippen LogP contribution >= 0.6 is 0 Å². The van der Waals surface area contributed by atoms with Gasteiger partial charge in [-0.1, -0.05) is 30.3 Å². The molecule has 0 fully saturated rings. The van der Waals surface area contributed by atoms with Crippen LogP contribution < -0.4 is 4.74 Å². The molecule has 0 unspecified atom stereocenters. The van der Waals surface area contributed by atoms with Gasteiger partial charge in [-0.25, -0.2) is 9.36 Å². The second-order valence-corrected chi connectivity index (χ2v) is 5.86. The van der Waals surface area contributed by atoms with Gasteiger partial charge in [0.25, 0.3) is 0 Å². The fourth-order valence-electron chi connectivity index (χ4n) is 3.20. The van der Waals surface area contributed by atoms with Gasteiger partial charge in [0.15, 0.2) is 0 Å². The maximum Gasteiger partial charge on any atom is 0.418 e. The van der Waals surface area contributed by atoms with E-state index in [2.05, 4.69) is 0 Å². The van der Waals surface area contributed by atoms with Crippen LogP contribution in [0.3, 0.4) is 0 Å². The summed E-state index contributed by atoms with van der Waals surface area (Å²) in [6, 6.07) is 14.8. The summed E-state index contributed by atoms with van der Waals surface area (Å²) in [5.74, 6) is 0.297. The molecule has 0 saturated heterocycles. The van der Waals surface area contributed by atoms with Gasteiger partial charge >= 0.3 is 12.1 Å². The lowest BCUT2D eigenvalue weighted by Gasteiger charge is -2.11. The summed E-state index contributed by atoms with van der Waals surface area (Å²) >= 11 is 0. The van der Waals surface area contributed by atoms with Crippen molar-refractivity contribution < 1.29 is 23.8 Å². The van der Waals surface area contributed by atoms with Crippen molar-refractivity contribution in [3.63, 3.8) is 0 Å². The smallest absolute Gasteiger partial charge is 0.418 e. The van der Waals surface area contributed by atoms with E-state index in [0.717, 1.165) is 10.9 Å². The Hall–Kier alpha value is -3.28. The first-order valence-corrected chi connectivity index (χ1v) is 8.61. The first kappa shape index (κ1) is 18.5. The fourth-order valence-corrected chi connectivity index (χ4v) is 3.20. The Bertz CT molecular complexity index is 989. The Morgan fingerprint density at radius 3 is 2.52 bits per heavy atom. The van der Waals surface area contributed by atoms with Crippen LogP contribution in [0.4, 0.5) is 4.79 Å². The van der Waals surface area contributed by atoms with Gasteiger partial charge in [-0.3, -0.25) is 4.79 Å². The van der Waals surface area contributed by atoms with Gasteiger partial charge in [0.1, 0.15) is 5.75 Å².